The summed E-state index contributed by atoms with van der Waals surface area (Å²) >= 11 is 2.25. The maximum Gasteiger partial charge on any atom is 0.316 e. The van der Waals surface area contributed by atoms with Gasteiger partial charge in [0.15, 0.2) is 5.82 Å². The van der Waals surface area contributed by atoms with E-state index in [0.717, 1.165) is 15.0 Å². The minimum absolute atomic E-state index is 0.0203. The number of aromatic nitrogens is 4. The Bertz CT molecular complexity index is 604. The highest BCUT2D eigenvalue weighted by Crippen LogP contribution is 2.15. The van der Waals surface area contributed by atoms with Crippen LogP contribution in [0.25, 0.3) is 0 Å². The molecular weight excluding hydrogens is 361 g/mol. The monoisotopic (exact) mass is 375 g/mol. The number of halogens is 1. The molecule has 0 fully saturated rings. The number of carbonyl (C=O) groups is 1. The second-order valence-corrected chi connectivity index (χ2v) is 5.10. The van der Waals surface area contributed by atoms with Crippen LogP contribution in [-0.4, -0.2) is 32.4 Å². The first-order chi connectivity index (χ1) is 9.02. The van der Waals surface area contributed by atoms with Gasteiger partial charge in [0.2, 0.25) is 0 Å². The van der Waals surface area contributed by atoms with Crippen LogP contribution in [0.1, 0.15) is 34.8 Å². The summed E-state index contributed by atoms with van der Waals surface area (Å²) in [5, 5.41) is 10.8. The maximum atomic E-state index is 11.5. The fourth-order valence-corrected chi connectivity index (χ4v) is 2.00. The van der Waals surface area contributed by atoms with Crippen molar-refractivity contribution in [1.82, 2.24) is 25.2 Å². The number of nitrogens with one attached hydrogen (secondary N) is 1. The molecule has 2 heterocycles. The Hall–Kier alpha value is -1.45. The van der Waals surface area contributed by atoms with E-state index in [9.17, 15) is 4.79 Å². The van der Waals surface area contributed by atoms with Gasteiger partial charge in [-0.3, -0.25) is 9.48 Å². The average Bonchev–Trinajstić information content (AvgIpc) is 2.92. The SMILES string of the molecule is CCNC(=O)c1nc(Cn2nc(C)c(I)c2C)no1. The first-order valence-corrected chi connectivity index (χ1v) is 6.91. The third-order valence-corrected chi connectivity index (χ3v) is 4.15. The lowest BCUT2D eigenvalue weighted by Crippen LogP contribution is -2.23. The van der Waals surface area contributed by atoms with Gasteiger partial charge in [-0.1, -0.05) is 5.16 Å². The van der Waals surface area contributed by atoms with Gasteiger partial charge in [-0.25, -0.2) is 0 Å². The van der Waals surface area contributed by atoms with Crippen LogP contribution in [0.2, 0.25) is 0 Å². The second-order valence-electron chi connectivity index (χ2n) is 4.02. The number of nitrogens with zero attached hydrogens (tertiary/aromatic N) is 4. The molecule has 2 aromatic heterocycles. The second kappa shape index (κ2) is 5.68. The van der Waals surface area contributed by atoms with Crippen molar-refractivity contribution in [2.45, 2.75) is 27.3 Å². The van der Waals surface area contributed by atoms with Gasteiger partial charge in [0.25, 0.3) is 0 Å². The van der Waals surface area contributed by atoms with Crippen LogP contribution in [-0.2, 0) is 6.54 Å². The molecule has 0 radical (unpaired) electrons. The normalized spacial score (nSPS) is 10.7. The van der Waals surface area contributed by atoms with Gasteiger partial charge in [-0.2, -0.15) is 10.1 Å². The molecule has 19 heavy (non-hydrogen) atoms. The maximum absolute atomic E-state index is 11.5. The van der Waals surface area contributed by atoms with Gasteiger partial charge in [0.05, 0.1) is 9.26 Å². The number of hydrogen-bond acceptors (Lipinski definition) is 5. The van der Waals surface area contributed by atoms with Crippen LogP contribution >= 0.6 is 22.6 Å². The van der Waals surface area contributed by atoms with Crippen molar-refractivity contribution < 1.29 is 9.32 Å². The van der Waals surface area contributed by atoms with E-state index >= 15 is 0 Å². The summed E-state index contributed by atoms with van der Waals surface area (Å²) in [5.74, 6) is 0.0560. The van der Waals surface area contributed by atoms with Gasteiger partial charge >= 0.3 is 11.8 Å². The summed E-state index contributed by atoms with van der Waals surface area (Å²) in [7, 11) is 0. The molecule has 0 bridgehead atoms. The van der Waals surface area contributed by atoms with Crippen molar-refractivity contribution in [3.8, 4) is 0 Å². The molecule has 2 rings (SSSR count). The first-order valence-electron chi connectivity index (χ1n) is 5.83. The van der Waals surface area contributed by atoms with Crippen LogP contribution in [0.5, 0.6) is 0 Å². The fourth-order valence-electron chi connectivity index (χ4n) is 1.61. The molecule has 0 aliphatic carbocycles. The third-order valence-electron chi connectivity index (χ3n) is 2.58. The predicted octanol–water partition coefficient (Wildman–Crippen LogP) is 1.29. The molecule has 0 saturated carbocycles. The quantitative estimate of drug-likeness (QED) is 0.814. The number of aryl methyl sites for hydroxylation is 1. The van der Waals surface area contributed by atoms with E-state index < -0.39 is 0 Å². The van der Waals surface area contributed by atoms with E-state index in [1.807, 2.05) is 20.8 Å². The molecular formula is C11H14IN5O2. The smallest absolute Gasteiger partial charge is 0.316 e. The molecule has 0 aliphatic rings. The van der Waals surface area contributed by atoms with E-state index in [0.29, 0.717) is 18.9 Å². The molecule has 1 amide bonds. The Balaban J connectivity index is 2.16. The Kier molecular flexibility index (Phi) is 4.17. The Morgan fingerprint density at radius 2 is 2.21 bits per heavy atom. The van der Waals surface area contributed by atoms with Crippen LogP contribution in [0.4, 0.5) is 0 Å². The molecule has 2 aromatic rings. The zero-order valence-corrected chi connectivity index (χ0v) is 13.1. The van der Waals surface area contributed by atoms with Crippen molar-refractivity contribution in [3.63, 3.8) is 0 Å². The van der Waals surface area contributed by atoms with E-state index in [-0.39, 0.29) is 11.8 Å². The molecule has 8 heteroatoms. The van der Waals surface area contributed by atoms with Gasteiger partial charge in [0.1, 0.15) is 6.54 Å². The lowest BCUT2D eigenvalue weighted by molar-refractivity contribution is 0.0912. The Morgan fingerprint density at radius 3 is 2.79 bits per heavy atom. The lowest BCUT2D eigenvalue weighted by atomic mass is 10.4. The van der Waals surface area contributed by atoms with Crippen molar-refractivity contribution in [2.75, 3.05) is 6.54 Å². The van der Waals surface area contributed by atoms with Gasteiger partial charge < -0.3 is 9.84 Å². The van der Waals surface area contributed by atoms with E-state index in [2.05, 4.69) is 43.1 Å². The van der Waals surface area contributed by atoms with Gasteiger partial charge in [-0.15, -0.1) is 0 Å². The minimum atomic E-state index is -0.357. The van der Waals surface area contributed by atoms with Crippen LogP contribution in [0.15, 0.2) is 4.52 Å². The van der Waals surface area contributed by atoms with E-state index in [1.165, 1.54) is 0 Å². The topological polar surface area (TPSA) is 85.8 Å². The molecule has 0 aliphatic heterocycles. The molecule has 7 nitrogen and oxygen atoms in total. The van der Waals surface area contributed by atoms with Crippen LogP contribution < -0.4 is 5.32 Å². The highest BCUT2D eigenvalue weighted by molar-refractivity contribution is 14.1. The number of hydrogen-bond donors (Lipinski definition) is 1. The lowest BCUT2D eigenvalue weighted by Gasteiger charge is -1.99. The highest BCUT2D eigenvalue weighted by Gasteiger charge is 2.16. The van der Waals surface area contributed by atoms with Crippen molar-refractivity contribution in [1.29, 1.82) is 0 Å². The van der Waals surface area contributed by atoms with Crippen LogP contribution in [0, 0.1) is 17.4 Å². The van der Waals surface area contributed by atoms with Crippen molar-refractivity contribution in [2.24, 2.45) is 0 Å². The number of amides is 1. The number of rotatable bonds is 4. The standard InChI is InChI=1S/C11H14IN5O2/c1-4-13-10(18)11-14-8(16-19-11)5-17-7(3)9(12)6(2)15-17/h4-5H2,1-3H3,(H,13,18). The molecule has 0 atom stereocenters. The molecule has 0 aromatic carbocycles. The summed E-state index contributed by atoms with van der Waals surface area (Å²) in [6.45, 7) is 6.66. The first kappa shape index (κ1) is 14.0. The summed E-state index contributed by atoms with van der Waals surface area (Å²) in [6, 6.07) is 0. The summed E-state index contributed by atoms with van der Waals surface area (Å²) in [5.41, 5.74) is 2.01. The molecule has 0 saturated heterocycles. The van der Waals surface area contributed by atoms with Crippen molar-refractivity contribution >= 4 is 28.5 Å². The third kappa shape index (κ3) is 2.94. The van der Waals surface area contributed by atoms with Crippen LogP contribution in [0.3, 0.4) is 0 Å². The summed E-state index contributed by atoms with van der Waals surface area (Å²) in [6.07, 6.45) is 0. The Morgan fingerprint density at radius 1 is 1.47 bits per heavy atom. The predicted molar refractivity (Wildman–Crippen MR) is 75.8 cm³/mol. The molecule has 0 spiro atoms. The summed E-state index contributed by atoms with van der Waals surface area (Å²) < 4.78 is 7.82. The van der Waals surface area contributed by atoms with Gasteiger partial charge in [0, 0.05) is 12.2 Å². The zero-order valence-electron chi connectivity index (χ0n) is 10.9. The van der Waals surface area contributed by atoms with Crippen molar-refractivity contribution in [3.05, 3.63) is 26.7 Å². The summed E-state index contributed by atoms with van der Waals surface area (Å²) in [4.78, 5) is 15.6. The molecule has 102 valence electrons. The minimum Gasteiger partial charge on any atom is -0.348 e. The number of carbonyl (C=O) groups excluding carboxylic acids is 1. The highest BCUT2D eigenvalue weighted by atomic mass is 127. The average molecular weight is 375 g/mol. The largest absolute Gasteiger partial charge is 0.348 e. The van der Waals surface area contributed by atoms with E-state index in [1.54, 1.807) is 4.68 Å². The molecule has 1 N–H and O–H groups in total. The Labute approximate surface area is 123 Å². The van der Waals surface area contributed by atoms with Gasteiger partial charge in [-0.05, 0) is 43.4 Å². The fraction of sp³-hybridized carbons (Fsp3) is 0.455. The zero-order chi connectivity index (χ0) is 14.0. The molecule has 0 unspecified atom stereocenters. The van der Waals surface area contributed by atoms with E-state index in [4.69, 9.17) is 4.52 Å².